The van der Waals surface area contributed by atoms with E-state index < -0.39 is 0 Å². The van der Waals surface area contributed by atoms with Crippen molar-refractivity contribution in [3.63, 3.8) is 0 Å². The second kappa shape index (κ2) is 6.88. The maximum Gasteiger partial charge on any atom is 0.0110 e. The molecule has 18 heavy (non-hydrogen) atoms. The first kappa shape index (κ1) is 14.3. The number of nitrogens with one attached hydrogen (secondary N) is 1. The van der Waals surface area contributed by atoms with Crippen LogP contribution in [0.15, 0.2) is 0 Å². The zero-order chi connectivity index (χ0) is 13.0. The van der Waals surface area contributed by atoms with E-state index in [1.807, 2.05) is 0 Å². The third-order valence-corrected chi connectivity index (χ3v) is 4.61. The van der Waals surface area contributed by atoms with Crippen molar-refractivity contribution in [1.29, 1.82) is 0 Å². The summed E-state index contributed by atoms with van der Waals surface area (Å²) in [5.41, 5.74) is 0. The van der Waals surface area contributed by atoms with E-state index in [1.165, 1.54) is 58.5 Å². The normalized spacial score (nSPS) is 31.3. The molecule has 0 aromatic heterocycles. The lowest BCUT2D eigenvalue weighted by Gasteiger charge is -2.37. The van der Waals surface area contributed by atoms with Crippen LogP contribution in [0.2, 0.25) is 0 Å². The molecule has 2 rings (SSSR count). The molecular formula is C15H31N3. The molecule has 1 saturated carbocycles. The second-order valence-electron chi connectivity index (χ2n) is 6.58. The first-order valence-corrected chi connectivity index (χ1v) is 7.81. The van der Waals surface area contributed by atoms with Gasteiger partial charge in [-0.1, -0.05) is 20.3 Å². The molecule has 0 amide bonds. The van der Waals surface area contributed by atoms with Crippen LogP contribution < -0.4 is 5.32 Å². The molecule has 3 heteroatoms. The van der Waals surface area contributed by atoms with Gasteiger partial charge in [-0.3, -0.25) is 0 Å². The predicted octanol–water partition coefficient (Wildman–Crippen LogP) is 1.65. The summed E-state index contributed by atoms with van der Waals surface area (Å²) >= 11 is 0. The van der Waals surface area contributed by atoms with Crippen LogP contribution in [0.1, 0.15) is 33.1 Å². The average Bonchev–Trinajstić information content (AvgIpc) is 2.78. The molecular weight excluding hydrogens is 222 g/mol. The van der Waals surface area contributed by atoms with Crippen molar-refractivity contribution in [3.8, 4) is 0 Å². The lowest BCUT2D eigenvalue weighted by atomic mass is 10.0. The summed E-state index contributed by atoms with van der Waals surface area (Å²) < 4.78 is 0. The maximum absolute atomic E-state index is 3.50. The minimum Gasteiger partial charge on any atom is -0.317 e. The van der Waals surface area contributed by atoms with Gasteiger partial charge in [0.05, 0.1) is 0 Å². The molecule has 1 heterocycles. The summed E-state index contributed by atoms with van der Waals surface area (Å²) in [6.45, 7) is 12.3. The van der Waals surface area contributed by atoms with E-state index in [0.717, 1.165) is 17.9 Å². The fourth-order valence-corrected chi connectivity index (χ4v) is 3.64. The quantitative estimate of drug-likeness (QED) is 0.804. The predicted molar refractivity (Wildman–Crippen MR) is 77.9 cm³/mol. The summed E-state index contributed by atoms with van der Waals surface area (Å²) in [5, 5.41) is 3.50. The molecule has 0 aromatic carbocycles. The minimum absolute atomic E-state index is 0.777. The van der Waals surface area contributed by atoms with Gasteiger partial charge in [0.15, 0.2) is 0 Å². The minimum atomic E-state index is 0.777. The molecule has 0 spiro atoms. The molecule has 2 atom stereocenters. The van der Waals surface area contributed by atoms with Gasteiger partial charge in [-0.05, 0) is 31.7 Å². The van der Waals surface area contributed by atoms with Crippen LogP contribution in [0.5, 0.6) is 0 Å². The standard InChI is InChI=1S/C15H31N3/c1-13(2)11-17-7-9-18(10-8-17)12-14-5-4-6-15(14)16-3/h13-16H,4-12H2,1-3H3. The van der Waals surface area contributed by atoms with Crippen molar-refractivity contribution in [2.45, 2.75) is 39.2 Å². The van der Waals surface area contributed by atoms with Crippen molar-refractivity contribution in [2.75, 3.05) is 46.3 Å². The Bertz CT molecular complexity index is 234. The van der Waals surface area contributed by atoms with Crippen LogP contribution in [-0.4, -0.2) is 62.2 Å². The van der Waals surface area contributed by atoms with Crippen LogP contribution in [0, 0.1) is 11.8 Å². The molecule has 2 unspecified atom stereocenters. The first-order valence-electron chi connectivity index (χ1n) is 7.81. The largest absolute Gasteiger partial charge is 0.317 e. The Hall–Kier alpha value is -0.120. The molecule has 0 bridgehead atoms. The summed E-state index contributed by atoms with van der Waals surface area (Å²) in [6, 6.07) is 0.777. The van der Waals surface area contributed by atoms with Crippen molar-refractivity contribution in [1.82, 2.24) is 15.1 Å². The van der Waals surface area contributed by atoms with Crippen LogP contribution in [0.4, 0.5) is 0 Å². The van der Waals surface area contributed by atoms with E-state index in [1.54, 1.807) is 0 Å². The van der Waals surface area contributed by atoms with Gasteiger partial charge in [0, 0.05) is 45.3 Å². The summed E-state index contributed by atoms with van der Waals surface area (Å²) in [7, 11) is 2.13. The number of nitrogens with zero attached hydrogens (tertiary/aromatic N) is 2. The third kappa shape index (κ3) is 3.94. The Morgan fingerprint density at radius 2 is 1.72 bits per heavy atom. The Labute approximate surface area is 113 Å². The Morgan fingerprint density at radius 3 is 2.33 bits per heavy atom. The smallest absolute Gasteiger partial charge is 0.0110 e. The van der Waals surface area contributed by atoms with Gasteiger partial charge in [-0.25, -0.2) is 0 Å². The molecule has 3 nitrogen and oxygen atoms in total. The highest BCUT2D eigenvalue weighted by atomic mass is 15.3. The Balaban J connectivity index is 1.70. The van der Waals surface area contributed by atoms with Crippen molar-refractivity contribution >= 4 is 0 Å². The highest BCUT2D eigenvalue weighted by Gasteiger charge is 2.28. The molecule has 2 aliphatic rings. The van der Waals surface area contributed by atoms with E-state index in [-0.39, 0.29) is 0 Å². The number of piperazine rings is 1. The average molecular weight is 253 g/mol. The molecule has 0 aromatic rings. The van der Waals surface area contributed by atoms with Crippen LogP contribution in [0.25, 0.3) is 0 Å². The number of hydrogen-bond acceptors (Lipinski definition) is 3. The van der Waals surface area contributed by atoms with Crippen molar-refractivity contribution in [3.05, 3.63) is 0 Å². The topological polar surface area (TPSA) is 18.5 Å². The SMILES string of the molecule is CNC1CCCC1CN1CCN(CC(C)C)CC1. The van der Waals surface area contributed by atoms with Crippen LogP contribution in [0.3, 0.4) is 0 Å². The van der Waals surface area contributed by atoms with Crippen molar-refractivity contribution < 1.29 is 0 Å². The summed E-state index contributed by atoms with van der Waals surface area (Å²) in [5.74, 6) is 1.70. The Kier molecular flexibility index (Phi) is 5.46. The molecule has 106 valence electrons. The van der Waals surface area contributed by atoms with E-state index >= 15 is 0 Å². The van der Waals surface area contributed by atoms with Crippen LogP contribution in [-0.2, 0) is 0 Å². The number of rotatable bonds is 5. The summed E-state index contributed by atoms with van der Waals surface area (Å²) in [6.07, 6.45) is 4.23. The van der Waals surface area contributed by atoms with E-state index in [4.69, 9.17) is 0 Å². The molecule has 1 N–H and O–H groups in total. The fraction of sp³-hybridized carbons (Fsp3) is 1.00. The number of hydrogen-bond donors (Lipinski definition) is 1. The first-order chi connectivity index (χ1) is 8.69. The zero-order valence-corrected chi connectivity index (χ0v) is 12.5. The lowest BCUT2D eigenvalue weighted by Crippen LogP contribution is -2.49. The van der Waals surface area contributed by atoms with Gasteiger partial charge in [-0.15, -0.1) is 0 Å². The maximum atomic E-state index is 3.50. The molecule has 0 radical (unpaired) electrons. The fourth-order valence-electron chi connectivity index (χ4n) is 3.64. The second-order valence-corrected chi connectivity index (χ2v) is 6.58. The molecule has 1 aliphatic carbocycles. The third-order valence-electron chi connectivity index (χ3n) is 4.61. The van der Waals surface area contributed by atoms with Gasteiger partial charge in [-0.2, -0.15) is 0 Å². The zero-order valence-electron chi connectivity index (χ0n) is 12.5. The van der Waals surface area contributed by atoms with Gasteiger partial charge in [0.25, 0.3) is 0 Å². The highest BCUT2D eigenvalue weighted by Crippen LogP contribution is 2.26. The monoisotopic (exact) mass is 253 g/mol. The van der Waals surface area contributed by atoms with Gasteiger partial charge in [0.2, 0.25) is 0 Å². The lowest BCUT2D eigenvalue weighted by molar-refractivity contribution is 0.106. The van der Waals surface area contributed by atoms with E-state index in [0.29, 0.717) is 0 Å². The van der Waals surface area contributed by atoms with E-state index in [9.17, 15) is 0 Å². The molecule has 1 saturated heterocycles. The van der Waals surface area contributed by atoms with Crippen LogP contribution >= 0.6 is 0 Å². The van der Waals surface area contributed by atoms with Gasteiger partial charge >= 0.3 is 0 Å². The summed E-state index contributed by atoms with van der Waals surface area (Å²) in [4.78, 5) is 5.32. The Morgan fingerprint density at radius 1 is 1.06 bits per heavy atom. The highest BCUT2D eigenvalue weighted by molar-refractivity contribution is 4.85. The molecule has 2 fully saturated rings. The van der Waals surface area contributed by atoms with E-state index in [2.05, 4.69) is 36.0 Å². The molecule has 1 aliphatic heterocycles. The van der Waals surface area contributed by atoms with Gasteiger partial charge in [0.1, 0.15) is 0 Å². The van der Waals surface area contributed by atoms with Gasteiger partial charge < -0.3 is 15.1 Å². The van der Waals surface area contributed by atoms with Crippen molar-refractivity contribution in [2.24, 2.45) is 11.8 Å².